The summed E-state index contributed by atoms with van der Waals surface area (Å²) in [5.41, 5.74) is 5.78. The zero-order valence-corrected chi connectivity index (χ0v) is 35.4. The average Bonchev–Trinajstić information content (AvgIpc) is 4.02. The van der Waals surface area contributed by atoms with E-state index in [-0.39, 0.29) is 73.0 Å². The first-order valence-electron chi connectivity index (χ1n) is 18.6. The molecule has 310 valence electrons. The van der Waals surface area contributed by atoms with Crippen LogP contribution in [0.25, 0.3) is 33.6 Å². The highest BCUT2D eigenvalue weighted by Crippen LogP contribution is 2.35. The van der Waals surface area contributed by atoms with Crippen LogP contribution in [0.4, 0.5) is 9.59 Å². The van der Waals surface area contributed by atoms with Gasteiger partial charge in [-0.05, 0) is 59.8 Å². The first-order valence-corrected chi connectivity index (χ1v) is 18.6. The fraction of sp³-hybridized carbons (Fsp3) is 0.450. The fourth-order valence-corrected chi connectivity index (χ4v) is 7.38. The Hall–Kier alpha value is -4.79. The molecule has 4 heterocycles. The van der Waals surface area contributed by atoms with E-state index in [0.29, 0.717) is 13.1 Å². The summed E-state index contributed by atoms with van der Waals surface area (Å²) in [7, 11) is 2.58. The van der Waals surface area contributed by atoms with Gasteiger partial charge in [-0.15, -0.1) is 37.2 Å². The van der Waals surface area contributed by atoms with Gasteiger partial charge in [0, 0.05) is 13.1 Å². The molecule has 2 aromatic carbocycles. The van der Waals surface area contributed by atoms with Crippen LogP contribution >= 0.6 is 37.2 Å². The van der Waals surface area contributed by atoms with E-state index in [2.05, 4.69) is 54.8 Å². The smallest absolute Gasteiger partial charge is 0.407 e. The zero-order chi connectivity index (χ0) is 38.5. The molecule has 2 aromatic heterocycles. The van der Waals surface area contributed by atoms with Crippen LogP contribution in [-0.4, -0.2) is 93.1 Å². The minimum atomic E-state index is -0.687. The molecule has 0 bridgehead atoms. The van der Waals surface area contributed by atoms with Gasteiger partial charge in [-0.1, -0.05) is 76.2 Å². The van der Waals surface area contributed by atoms with Gasteiger partial charge in [0.1, 0.15) is 23.7 Å². The molecule has 14 nitrogen and oxygen atoms in total. The van der Waals surface area contributed by atoms with E-state index in [1.54, 1.807) is 22.2 Å². The summed E-state index contributed by atoms with van der Waals surface area (Å²) >= 11 is 0. The van der Waals surface area contributed by atoms with Gasteiger partial charge in [-0.25, -0.2) is 19.6 Å². The lowest BCUT2D eigenvalue weighted by Crippen LogP contribution is -2.51. The molecule has 0 radical (unpaired) electrons. The molecule has 57 heavy (non-hydrogen) atoms. The number of alkyl carbamates (subject to hydrolysis) is 2. The highest BCUT2D eigenvalue weighted by Gasteiger charge is 2.39. The number of carbonyl (C=O) groups is 4. The predicted octanol–water partition coefficient (Wildman–Crippen LogP) is 7.49. The van der Waals surface area contributed by atoms with Crippen molar-refractivity contribution in [1.29, 1.82) is 0 Å². The van der Waals surface area contributed by atoms with Crippen LogP contribution < -0.4 is 10.6 Å². The zero-order valence-electron chi connectivity index (χ0n) is 32.9. The van der Waals surface area contributed by atoms with Gasteiger partial charge in [-0.2, -0.15) is 0 Å². The van der Waals surface area contributed by atoms with E-state index in [4.69, 9.17) is 9.47 Å². The van der Waals surface area contributed by atoms with Crippen molar-refractivity contribution in [2.24, 2.45) is 11.8 Å². The lowest BCUT2D eigenvalue weighted by Gasteiger charge is -2.30. The van der Waals surface area contributed by atoms with Crippen LogP contribution in [0.3, 0.4) is 0 Å². The first kappa shape index (κ1) is 46.6. The number of rotatable bonds is 11. The molecular weight excluding hydrogens is 795 g/mol. The Bertz CT molecular complexity index is 1810. The number of nitrogens with zero attached hydrogens (tertiary/aromatic N) is 4. The number of imidazole rings is 2. The second kappa shape index (κ2) is 20.6. The number of carbonyl (C=O) groups excluding carboxylic acids is 4. The Morgan fingerprint density at radius 1 is 0.614 bits per heavy atom. The van der Waals surface area contributed by atoms with Crippen LogP contribution in [0, 0.1) is 11.8 Å². The molecule has 2 aliphatic rings. The van der Waals surface area contributed by atoms with Crippen molar-refractivity contribution in [1.82, 2.24) is 40.4 Å². The number of nitrogens with one attached hydrogen (secondary N) is 4. The van der Waals surface area contributed by atoms with E-state index >= 15 is 0 Å². The molecule has 2 saturated heterocycles. The number of ether oxygens (including phenoxy) is 2. The van der Waals surface area contributed by atoms with Crippen LogP contribution in [0.1, 0.15) is 77.1 Å². The number of hydrogen-bond acceptors (Lipinski definition) is 8. The summed E-state index contributed by atoms with van der Waals surface area (Å²) in [4.78, 5) is 70.7. The van der Waals surface area contributed by atoms with E-state index < -0.39 is 24.3 Å². The molecule has 4 amide bonds. The summed E-state index contributed by atoms with van der Waals surface area (Å²) in [6.45, 7) is 8.78. The number of H-pyrrole nitrogens is 2. The van der Waals surface area contributed by atoms with Gasteiger partial charge in [-0.3, -0.25) is 9.59 Å². The topological polar surface area (TPSA) is 175 Å². The minimum Gasteiger partial charge on any atom is -0.453 e. The molecule has 0 spiro atoms. The number of amides is 4. The van der Waals surface area contributed by atoms with E-state index in [1.807, 2.05) is 52.0 Å². The van der Waals surface area contributed by atoms with Crippen molar-refractivity contribution in [3.8, 4) is 33.6 Å². The van der Waals surface area contributed by atoms with Gasteiger partial charge in [0.2, 0.25) is 11.8 Å². The Morgan fingerprint density at radius 3 is 1.26 bits per heavy atom. The molecular formula is C40H53Cl3N8O6. The maximum Gasteiger partial charge on any atom is 0.407 e. The van der Waals surface area contributed by atoms with Crippen LogP contribution in [0.15, 0.2) is 60.9 Å². The lowest BCUT2D eigenvalue weighted by atomic mass is 10.0. The number of methoxy groups -OCH3 is 2. The maximum atomic E-state index is 13.5. The quantitative estimate of drug-likeness (QED) is 0.120. The van der Waals surface area contributed by atoms with Crippen molar-refractivity contribution >= 4 is 61.2 Å². The lowest BCUT2D eigenvalue weighted by molar-refractivity contribution is -0.136. The molecule has 2 fully saturated rings. The standard InChI is InChI=1S/C40H50N8O6.3ClH/c1-23(2)33(45-39(51)53-5)37(49)47-19-7-9-31(47)35-41-21-29(43-35)27-15-11-25(12-16-27)26-13-17-28(18-14-26)30-22-42-36(44-30)32-10-8-20-48(32)38(50)34(24(3)4)46-40(52)54-6;;;/h11-18,21-24,31-34H,7-10,19-20H2,1-6H3,(H,41,43)(H,42,44)(H,45,51)(H,46,52);3*1H/t31-,32-,33-,34?;;;/m1.../s1. The van der Waals surface area contributed by atoms with Crippen LogP contribution in [-0.2, 0) is 19.1 Å². The van der Waals surface area contributed by atoms with Crippen molar-refractivity contribution in [3.05, 3.63) is 72.6 Å². The Kier molecular flexibility index (Phi) is 16.8. The predicted molar refractivity (Wildman–Crippen MR) is 224 cm³/mol. The number of hydrogen-bond donors (Lipinski definition) is 4. The minimum absolute atomic E-state index is 0. The largest absolute Gasteiger partial charge is 0.453 e. The molecule has 1 unspecified atom stereocenters. The summed E-state index contributed by atoms with van der Waals surface area (Å²) in [5.74, 6) is 0.955. The van der Waals surface area contributed by atoms with E-state index in [1.165, 1.54) is 14.2 Å². The Morgan fingerprint density at radius 2 is 0.947 bits per heavy atom. The van der Waals surface area contributed by atoms with E-state index in [9.17, 15) is 19.2 Å². The van der Waals surface area contributed by atoms with Crippen molar-refractivity contribution in [2.45, 2.75) is 77.5 Å². The molecule has 4 atom stereocenters. The van der Waals surface area contributed by atoms with Crippen molar-refractivity contribution < 1.29 is 28.7 Å². The maximum absolute atomic E-state index is 13.5. The molecule has 0 saturated carbocycles. The number of likely N-dealkylation sites (tertiary alicyclic amines) is 2. The van der Waals surface area contributed by atoms with Gasteiger partial charge >= 0.3 is 12.2 Å². The second-order valence-electron chi connectivity index (χ2n) is 14.6. The SMILES string of the molecule is COC(=O)NC(C(=O)N1CCC[C@@H]1c1ncc(-c2ccc(-c3ccc(-c4cnc([C@H]5CCCN5C(=O)[C@H](NC(=O)OC)C(C)C)[nH]4)cc3)cc2)[nH]1)C(C)C.Cl.Cl.Cl. The average molecular weight is 848 g/mol. The number of benzene rings is 2. The molecule has 4 N–H and O–H groups in total. The summed E-state index contributed by atoms with van der Waals surface area (Å²) < 4.78 is 9.50. The summed E-state index contributed by atoms with van der Waals surface area (Å²) in [6, 6.07) is 14.7. The first-order chi connectivity index (χ1) is 26.0. The van der Waals surface area contributed by atoms with Crippen molar-refractivity contribution in [3.63, 3.8) is 0 Å². The normalized spacial score (nSPS) is 17.2. The number of aromatic amines is 2. The fourth-order valence-electron chi connectivity index (χ4n) is 7.38. The third-order valence-corrected chi connectivity index (χ3v) is 10.4. The summed E-state index contributed by atoms with van der Waals surface area (Å²) in [6.07, 6.45) is 5.61. The Balaban J connectivity index is 0.00000290. The van der Waals surface area contributed by atoms with Gasteiger partial charge in [0.05, 0.1) is 50.1 Å². The molecule has 2 aliphatic heterocycles. The second-order valence-corrected chi connectivity index (χ2v) is 14.6. The molecule has 0 aliphatic carbocycles. The molecule has 6 rings (SSSR count). The highest BCUT2D eigenvalue weighted by atomic mass is 35.5. The number of halogens is 3. The van der Waals surface area contributed by atoms with Gasteiger partial charge < -0.3 is 39.9 Å². The highest BCUT2D eigenvalue weighted by molar-refractivity contribution is 5.87. The van der Waals surface area contributed by atoms with Crippen LogP contribution in [0.5, 0.6) is 0 Å². The Labute approximate surface area is 351 Å². The van der Waals surface area contributed by atoms with E-state index in [0.717, 1.165) is 71.0 Å². The third-order valence-electron chi connectivity index (χ3n) is 10.4. The third kappa shape index (κ3) is 10.4. The van der Waals surface area contributed by atoms with Crippen LogP contribution in [0.2, 0.25) is 0 Å². The number of aromatic nitrogens is 4. The molecule has 4 aromatic rings. The summed E-state index contributed by atoms with van der Waals surface area (Å²) in [5, 5.41) is 5.38. The van der Waals surface area contributed by atoms with Gasteiger partial charge in [0.25, 0.3) is 0 Å². The monoisotopic (exact) mass is 846 g/mol. The molecule has 17 heteroatoms. The van der Waals surface area contributed by atoms with Crippen molar-refractivity contribution in [2.75, 3.05) is 27.3 Å². The van der Waals surface area contributed by atoms with Gasteiger partial charge in [0.15, 0.2) is 0 Å².